The van der Waals surface area contributed by atoms with Gasteiger partial charge >= 0.3 is 6.18 Å². The van der Waals surface area contributed by atoms with E-state index < -0.39 is 43.7 Å². The Morgan fingerprint density at radius 3 is 2.46 bits per heavy atom. The Bertz CT molecular complexity index is 1320. The van der Waals surface area contributed by atoms with E-state index in [0.717, 1.165) is 55.7 Å². The van der Waals surface area contributed by atoms with Crippen molar-refractivity contribution in [2.45, 2.75) is 86.3 Å². The number of carbonyl (C=O) groups excluding carboxylic acids is 1. The van der Waals surface area contributed by atoms with E-state index in [0.29, 0.717) is 19.4 Å². The van der Waals surface area contributed by atoms with Crippen LogP contribution in [0, 0.1) is 0 Å². The van der Waals surface area contributed by atoms with Crippen LogP contribution in [0.3, 0.4) is 0 Å². The normalized spacial score (nSPS) is 24.9. The number of piperidine rings is 1. The zero-order chi connectivity index (χ0) is 27.8. The van der Waals surface area contributed by atoms with Crippen LogP contribution in [-0.4, -0.2) is 48.6 Å². The number of nitrogens with two attached hydrogens (primary N) is 1. The Morgan fingerprint density at radius 2 is 1.74 bits per heavy atom. The third kappa shape index (κ3) is 5.35. The van der Waals surface area contributed by atoms with E-state index in [1.54, 1.807) is 4.90 Å². The summed E-state index contributed by atoms with van der Waals surface area (Å²) < 4.78 is 70.3. The number of halogens is 3. The van der Waals surface area contributed by atoms with Crippen LogP contribution in [0.1, 0.15) is 79.7 Å². The predicted octanol–water partition coefficient (Wildman–Crippen LogP) is 5.21. The van der Waals surface area contributed by atoms with Crippen molar-refractivity contribution in [3.8, 4) is 0 Å². The molecule has 0 radical (unpaired) electrons. The van der Waals surface area contributed by atoms with Crippen LogP contribution < -0.4 is 5.73 Å². The first-order chi connectivity index (χ1) is 18.5. The summed E-state index contributed by atoms with van der Waals surface area (Å²) in [7, 11) is -4.64. The number of sulfone groups is 1. The molecule has 2 unspecified atom stereocenters. The molecule has 10 heteroatoms. The first-order valence-corrected chi connectivity index (χ1v) is 15.3. The second-order valence-electron chi connectivity index (χ2n) is 11.2. The lowest BCUT2D eigenvalue weighted by molar-refractivity contribution is -0.139. The second-order valence-corrected chi connectivity index (χ2v) is 13.4. The number of hydrogen-bond donors (Lipinski definition) is 1. The quantitative estimate of drug-likeness (QED) is 0.500. The molecule has 2 atom stereocenters. The highest BCUT2D eigenvalue weighted by molar-refractivity contribution is 7.92. The predicted molar refractivity (Wildman–Crippen MR) is 142 cm³/mol. The summed E-state index contributed by atoms with van der Waals surface area (Å²) in [5.41, 5.74) is 7.74. The van der Waals surface area contributed by atoms with E-state index in [1.165, 1.54) is 37.0 Å². The lowest BCUT2D eigenvalue weighted by Crippen LogP contribution is -2.54. The van der Waals surface area contributed by atoms with Gasteiger partial charge in [-0.15, -0.1) is 0 Å². The second kappa shape index (κ2) is 10.9. The van der Waals surface area contributed by atoms with Crippen LogP contribution in [0.15, 0.2) is 47.4 Å². The van der Waals surface area contributed by atoms with Crippen LogP contribution in [0.25, 0.3) is 0 Å². The summed E-state index contributed by atoms with van der Waals surface area (Å²) in [5.74, 6) is -0.845. The van der Waals surface area contributed by atoms with Gasteiger partial charge in [0.1, 0.15) is 4.87 Å². The molecule has 2 N–H and O–H groups in total. The summed E-state index contributed by atoms with van der Waals surface area (Å²) in [5, 5.41) is 0. The fourth-order valence-corrected chi connectivity index (χ4v) is 9.35. The maximum Gasteiger partial charge on any atom is 0.417 e. The highest BCUT2D eigenvalue weighted by atomic mass is 32.2. The highest BCUT2D eigenvalue weighted by Crippen LogP contribution is 2.50. The summed E-state index contributed by atoms with van der Waals surface area (Å²) in [6.45, 7) is 3.40. The van der Waals surface area contributed by atoms with Gasteiger partial charge in [0, 0.05) is 19.1 Å². The van der Waals surface area contributed by atoms with Crippen molar-refractivity contribution in [1.29, 1.82) is 0 Å². The molecule has 39 heavy (non-hydrogen) atoms. The van der Waals surface area contributed by atoms with Crippen molar-refractivity contribution in [3.05, 3.63) is 64.7 Å². The molecule has 6 nitrogen and oxygen atoms in total. The van der Waals surface area contributed by atoms with Gasteiger partial charge in [0.15, 0.2) is 9.84 Å². The van der Waals surface area contributed by atoms with Crippen molar-refractivity contribution in [2.24, 2.45) is 5.73 Å². The maximum atomic E-state index is 14.2. The smallest absolute Gasteiger partial charge is 0.370 e. The van der Waals surface area contributed by atoms with E-state index >= 15 is 0 Å². The summed E-state index contributed by atoms with van der Waals surface area (Å²) in [6, 6.07) is 10.3. The molecular weight excluding hydrogens is 527 g/mol. The largest absolute Gasteiger partial charge is 0.417 e. The Kier molecular flexibility index (Phi) is 7.83. The lowest BCUT2D eigenvalue weighted by Gasteiger charge is -2.44. The van der Waals surface area contributed by atoms with Crippen molar-refractivity contribution in [1.82, 2.24) is 9.80 Å². The molecule has 2 aromatic carbocycles. The Labute approximate surface area is 228 Å². The minimum atomic E-state index is -4.86. The van der Waals surface area contributed by atoms with Crippen molar-refractivity contribution >= 4 is 15.7 Å². The summed E-state index contributed by atoms with van der Waals surface area (Å²) in [6.07, 6.45) is 1.10. The number of alkyl halides is 3. The lowest BCUT2D eigenvalue weighted by atomic mass is 9.85. The number of nitrogens with zero attached hydrogens (tertiary/aromatic N) is 2. The first kappa shape index (κ1) is 28.1. The zero-order valence-electron chi connectivity index (χ0n) is 22.0. The summed E-state index contributed by atoms with van der Waals surface area (Å²) in [4.78, 5) is 13.9. The van der Waals surface area contributed by atoms with Gasteiger partial charge in [-0.25, -0.2) is 8.42 Å². The van der Waals surface area contributed by atoms with Gasteiger partial charge < -0.3 is 5.73 Å². The van der Waals surface area contributed by atoms with Crippen LogP contribution in [-0.2, 0) is 33.8 Å². The van der Waals surface area contributed by atoms with E-state index in [4.69, 9.17) is 5.73 Å². The molecule has 0 aromatic heterocycles. The standard InChI is InChI=1S/C29H36F3N3O3S/c30-29(31,32)24-9-2-3-11-26(24)39(37,38)28(19-27(33)36)14-7-17-35(28)25-10-6-8-22-18-21(12-13-23(22)25)20-34-15-4-1-5-16-34/h2-3,9,11-13,18,25H,1,4-8,10,14-17,19-20H2,(H2,33,36). The van der Waals surface area contributed by atoms with Gasteiger partial charge in [-0.2, -0.15) is 13.2 Å². The SMILES string of the molecule is NC(=O)CC1(S(=O)(=O)c2ccccc2C(F)(F)F)CCCN1C1CCCc2cc(CN3CCCCC3)ccc21. The number of carbonyl (C=O) groups is 1. The molecule has 2 heterocycles. The van der Waals surface area contributed by atoms with Gasteiger partial charge in [-0.1, -0.05) is 36.8 Å². The Balaban J connectivity index is 1.54. The number of likely N-dealkylation sites (tertiary alicyclic amines) is 2. The van der Waals surface area contributed by atoms with Crippen LogP contribution in [0.5, 0.6) is 0 Å². The maximum absolute atomic E-state index is 14.2. The molecule has 1 amide bonds. The molecule has 2 aliphatic heterocycles. The third-order valence-corrected chi connectivity index (χ3v) is 11.2. The van der Waals surface area contributed by atoms with Crippen LogP contribution >= 0.6 is 0 Å². The van der Waals surface area contributed by atoms with Gasteiger partial charge in [-0.05, 0) is 86.9 Å². The number of hydrogen-bond acceptors (Lipinski definition) is 5. The molecule has 1 aliphatic carbocycles. The molecular formula is C29H36F3N3O3S. The monoisotopic (exact) mass is 563 g/mol. The molecule has 2 aromatic rings. The third-order valence-electron chi connectivity index (χ3n) is 8.64. The molecule has 3 aliphatic rings. The van der Waals surface area contributed by atoms with E-state index in [9.17, 15) is 26.4 Å². The molecule has 0 saturated carbocycles. The van der Waals surface area contributed by atoms with Crippen molar-refractivity contribution in [2.75, 3.05) is 19.6 Å². The van der Waals surface area contributed by atoms with Gasteiger partial charge in [0.25, 0.3) is 0 Å². The fraction of sp³-hybridized carbons (Fsp3) is 0.552. The first-order valence-electron chi connectivity index (χ1n) is 13.8. The summed E-state index contributed by atoms with van der Waals surface area (Å²) >= 11 is 0. The molecule has 212 valence electrons. The molecule has 5 rings (SSSR count). The topological polar surface area (TPSA) is 83.7 Å². The fourth-order valence-electron chi connectivity index (χ4n) is 6.94. The number of fused-ring (bicyclic) bond motifs is 1. The highest BCUT2D eigenvalue weighted by Gasteiger charge is 2.57. The molecule has 2 saturated heterocycles. The van der Waals surface area contributed by atoms with E-state index in [1.807, 2.05) is 0 Å². The minimum absolute atomic E-state index is 0.0450. The molecule has 2 fully saturated rings. The Hall–Kier alpha value is -2.43. The average molecular weight is 564 g/mol. The number of rotatable bonds is 7. The van der Waals surface area contributed by atoms with Gasteiger partial charge in [0.05, 0.1) is 16.9 Å². The van der Waals surface area contributed by atoms with E-state index in [2.05, 4.69) is 23.1 Å². The average Bonchev–Trinajstić information content (AvgIpc) is 3.32. The number of benzene rings is 2. The number of aryl methyl sites for hydroxylation is 1. The van der Waals surface area contributed by atoms with Crippen LogP contribution in [0.4, 0.5) is 13.2 Å². The Morgan fingerprint density at radius 1 is 1.00 bits per heavy atom. The molecule has 0 spiro atoms. The van der Waals surface area contributed by atoms with Crippen molar-refractivity contribution in [3.63, 3.8) is 0 Å². The molecule has 0 bridgehead atoms. The van der Waals surface area contributed by atoms with Crippen LogP contribution in [0.2, 0.25) is 0 Å². The zero-order valence-corrected chi connectivity index (χ0v) is 22.9. The number of amides is 1. The van der Waals surface area contributed by atoms with Gasteiger partial charge in [-0.3, -0.25) is 14.6 Å². The van der Waals surface area contributed by atoms with E-state index in [-0.39, 0.29) is 12.5 Å². The van der Waals surface area contributed by atoms with Crippen molar-refractivity contribution < 1.29 is 26.4 Å². The minimum Gasteiger partial charge on any atom is -0.370 e. The van der Waals surface area contributed by atoms with Gasteiger partial charge in [0.2, 0.25) is 5.91 Å². The number of primary amides is 1.